The number of aryl methyl sites for hydroxylation is 2. The zero-order valence-corrected chi connectivity index (χ0v) is 19.4. The number of nitro benzene ring substituents is 1. The summed E-state index contributed by atoms with van der Waals surface area (Å²) in [6.07, 6.45) is 2.45. The first-order valence-electron chi connectivity index (χ1n) is 10.8. The third-order valence-corrected chi connectivity index (χ3v) is 5.16. The van der Waals surface area contributed by atoms with E-state index in [2.05, 4.69) is 10.4 Å². The van der Waals surface area contributed by atoms with Crippen molar-refractivity contribution in [2.75, 3.05) is 5.32 Å². The summed E-state index contributed by atoms with van der Waals surface area (Å²) in [7, 11) is 0. The quantitative estimate of drug-likeness (QED) is 0.259. The van der Waals surface area contributed by atoms with Crippen LogP contribution < -0.4 is 10.1 Å². The second kappa shape index (κ2) is 10.1. The van der Waals surface area contributed by atoms with Crippen molar-refractivity contribution >= 4 is 23.0 Å². The molecule has 0 spiro atoms. The molecule has 182 valence electrons. The number of amides is 1. The molecule has 1 amide bonds. The fraction of sp³-hybridized carbons (Fsp3) is 0.120. The van der Waals surface area contributed by atoms with Crippen molar-refractivity contribution in [3.8, 4) is 11.5 Å². The number of benzene rings is 3. The lowest BCUT2D eigenvalue weighted by atomic mass is 10.1. The van der Waals surface area contributed by atoms with E-state index >= 15 is 0 Å². The van der Waals surface area contributed by atoms with Crippen LogP contribution in [0.4, 0.5) is 17.1 Å². The molecule has 4 aromatic rings. The lowest BCUT2D eigenvalue weighted by Crippen LogP contribution is -2.13. The third kappa shape index (κ3) is 5.89. The normalized spacial score (nSPS) is 10.6. The highest BCUT2D eigenvalue weighted by atomic mass is 16.6. The van der Waals surface area contributed by atoms with Crippen LogP contribution in [0.15, 0.2) is 73.1 Å². The third-order valence-electron chi connectivity index (χ3n) is 5.16. The minimum atomic E-state index is -0.562. The first-order valence-corrected chi connectivity index (χ1v) is 10.8. The molecule has 11 nitrogen and oxygen atoms in total. The monoisotopic (exact) mass is 487 g/mol. The van der Waals surface area contributed by atoms with Crippen LogP contribution in [0.3, 0.4) is 0 Å². The van der Waals surface area contributed by atoms with Gasteiger partial charge in [0, 0.05) is 17.7 Å². The average Bonchev–Trinajstić information content (AvgIpc) is 3.27. The number of nitrogens with zero attached hydrogens (tertiary/aromatic N) is 4. The van der Waals surface area contributed by atoms with Crippen LogP contribution >= 0.6 is 0 Å². The molecule has 4 rings (SSSR count). The van der Waals surface area contributed by atoms with Crippen LogP contribution in [-0.2, 0) is 6.54 Å². The molecule has 3 aromatic carbocycles. The van der Waals surface area contributed by atoms with Crippen LogP contribution in [0.1, 0.15) is 27.0 Å². The number of carbonyl (C=O) groups is 1. The lowest BCUT2D eigenvalue weighted by Gasteiger charge is -2.11. The molecular weight excluding hydrogens is 466 g/mol. The topological polar surface area (TPSA) is 142 Å². The van der Waals surface area contributed by atoms with Crippen LogP contribution in [-0.4, -0.2) is 25.5 Å². The molecule has 0 atom stereocenters. The van der Waals surface area contributed by atoms with E-state index in [1.54, 1.807) is 24.3 Å². The molecule has 0 unspecified atom stereocenters. The van der Waals surface area contributed by atoms with Crippen LogP contribution in [0, 0.1) is 34.1 Å². The Hall–Kier alpha value is -5.06. The minimum absolute atomic E-state index is 0.131. The fourth-order valence-electron chi connectivity index (χ4n) is 3.68. The van der Waals surface area contributed by atoms with Gasteiger partial charge in [0.1, 0.15) is 23.9 Å². The van der Waals surface area contributed by atoms with Gasteiger partial charge in [-0.2, -0.15) is 5.10 Å². The highest BCUT2D eigenvalue weighted by molar-refractivity contribution is 6.04. The van der Waals surface area contributed by atoms with Gasteiger partial charge in [-0.25, -0.2) is 0 Å². The Morgan fingerprint density at radius 2 is 1.64 bits per heavy atom. The molecule has 0 bridgehead atoms. The average molecular weight is 487 g/mol. The van der Waals surface area contributed by atoms with Crippen molar-refractivity contribution in [2.45, 2.75) is 20.4 Å². The summed E-state index contributed by atoms with van der Waals surface area (Å²) in [6, 6.07) is 16.3. The van der Waals surface area contributed by atoms with Gasteiger partial charge in [0.25, 0.3) is 11.6 Å². The van der Waals surface area contributed by atoms with Crippen molar-refractivity contribution in [2.24, 2.45) is 0 Å². The summed E-state index contributed by atoms with van der Waals surface area (Å²) in [4.78, 5) is 34.1. The molecule has 0 radical (unpaired) electrons. The summed E-state index contributed by atoms with van der Waals surface area (Å²) in [5.41, 5.74) is 2.79. The number of nitrogens with one attached hydrogen (secondary N) is 1. The molecule has 11 heteroatoms. The van der Waals surface area contributed by atoms with Crippen molar-refractivity contribution in [1.82, 2.24) is 9.78 Å². The van der Waals surface area contributed by atoms with E-state index in [1.165, 1.54) is 29.1 Å². The van der Waals surface area contributed by atoms with Gasteiger partial charge < -0.3 is 10.1 Å². The molecule has 0 saturated heterocycles. The van der Waals surface area contributed by atoms with Gasteiger partial charge in [-0.3, -0.25) is 29.7 Å². The molecular formula is C25H21N5O6. The number of non-ortho nitro benzene ring substituents is 1. The summed E-state index contributed by atoms with van der Waals surface area (Å²) in [5, 5.41) is 29.0. The molecule has 0 aliphatic carbocycles. The molecule has 1 aromatic heterocycles. The van der Waals surface area contributed by atoms with Gasteiger partial charge in [0.05, 0.1) is 28.1 Å². The molecule has 0 aliphatic rings. The molecule has 1 heterocycles. The second-order valence-corrected chi connectivity index (χ2v) is 8.21. The maximum Gasteiger partial charge on any atom is 0.307 e. The standard InChI is InChI=1S/C25H21N5O6/c1-16-6-17(2)8-23(7-16)36-24-11-20(10-21(12-24)29(32)33)27-25(31)19-5-3-4-18(9-19)14-28-15-22(13-26-28)30(34)35/h3-13,15H,14H2,1-2H3,(H,27,31). The van der Waals surface area contributed by atoms with Crippen LogP contribution in [0.2, 0.25) is 0 Å². The van der Waals surface area contributed by atoms with Crippen molar-refractivity contribution in [1.29, 1.82) is 0 Å². The van der Waals surface area contributed by atoms with Gasteiger partial charge in [-0.1, -0.05) is 18.2 Å². The highest BCUT2D eigenvalue weighted by Gasteiger charge is 2.15. The number of ether oxygens (including phenoxy) is 1. The number of rotatable bonds is 8. The number of aromatic nitrogens is 2. The molecule has 0 saturated carbocycles. The SMILES string of the molecule is Cc1cc(C)cc(Oc2cc(NC(=O)c3cccc(Cn4cc([N+](=O)[O-])cn4)c3)cc([N+](=O)[O-])c2)c1. The maximum atomic E-state index is 12.9. The lowest BCUT2D eigenvalue weighted by molar-refractivity contribution is -0.385. The minimum Gasteiger partial charge on any atom is -0.457 e. The molecule has 1 N–H and O–H groups in total. The van der Waals surface area contributed by atoms with Gasteiger partial charge in [0.15, 0.2) is 0 Å². The zero-order chi connectivity index (χ0) is 25.8. The van der Waals surface area contributed by atoms with E-state index in [4.69, 9.17) is 4.74 Å². The summed E-state index contributed by atoms with van der Waals surface area (Å²) < 4.78 is 7.24. The Bertz CT molecular complexity index is 1460. The number of hydrogen-bond donors (Lipinski definition) is 1. The zero-order valence-electron chi connectivity index (χ0n) is 19.4. The predicted molar refractivity (Wildman–Crippen MR) is 131 cm³/mol. The van der Waals surface area contributed by atoms with E-state index in [0.717, 1.165) is 17.3 Å². The van der Waals surface area contributed by atoms with Crippen molar-refractivity contribution in [3.05, 3.63) is 116 Å². The Labute approximate surface area is 205 Å². The summed E-state index contributed by atoms with van der Waals surface area (Å²) in [6.45, 7) is 4.06. The first kappa shape index (κ1) is 24.1. The summed E-state index contributed by atoms with van der Waals surface area (Å²) >= 11 is 0. The van der Waals surface area contributed by atoms with E-state index in [-0.39, 0.29) is 29.4 Å². The van der Waals surface area contributed by atoms with Crippen molar-refractivity contribution < 1.29 is 19.4 Å². The van der Waals surface area contributed by atoms with Crippen LogP contribution in [0.25, 0.3) is 0 Å². The number of anilines is 1. The van der Waals surface area contributed by atoms with E-state index in [9.17, 15) is 25.0 Å². The van der Waals surface area contributed by atoms with E-state index in [0.29, 0.717) is 16.9 Å². The number of nitro groups is 2. The predicted octanol–water partition coefficient (Wildman–Crippen LogP) is 5.41. The first-order chi connectivity index (χ1) is 17.2. The second-order valence-electron chi connectivity index (χ2n) is 8.21. The van der Waals surface area contributed by atoms with Gasteiger partial charge in [0.2, 0.25) is 0 Å². The molecule has 36 heavy (non-hydrogen) atoms. The Morgan fingerprint density at radius 3 is 2.31 bits per heavy atom. The summed E-state index contributed by atoms with van der Waals surface area (Å²) in [5.74, 6) is 0.247. The van der Waals surface area contributed by atoms with Crippen LogP contribution in [0.5, 0.6) is 11.5 Å². The number of hydrogen-bond acceptors (Lipinski definition) is 7. The molecule has 0 aliphatic heterocycles. The molecule has 0 fully saturated rings. The maximum absolute atomic E-state index is 12.9. The Morgan fingerprint density at radius 1 is 0.944 bits per heavy atom. The number of carbonyl (C=O) groups excluding carboxylic acids is 1. The van der Waals surface area contributed by atoms with Gasteiger partial charge in [-0.05, 0) is 54.8 Å². The van der Waals surface area contributed by atoms with Gasteiger partial charge >= 0.3 is 5.69 Å². The highest BCUT2D eigenvalue weighted by Crippen LogP contribution is 2.31. The Balaban J connectivity index is 1.54. The largest absolute Gasteiger partial charge is 0.457 e. The Kier molecular flexibility index (Phi) is 6.72. The fourth-order valence-corrected chi connectivity index (χ4v) is 3.68. The van der Waals surface area contributed by atoms with E-state index < -0.39 is 15.8 Å². The van der Waals surface area contributed by atoms with Crippen molar-refractivity contribution in [3.63, 3.8) is 0 Å². The van der Waals surface area contributed by atoms with Gasteiger partial charge in [-0.15, -0.1) is 0 Å². The van der Waals surface area contributed by atoms with E-state index in [1.807, 2.05) is 32.0 Å². The smallest absolute Gasteiger partial charge is 0.307 e.